The molecule has 0 aromatic heterocycles. The lowest BCUT2D eigenvalue weighted by atomic mass is 9.80. The summed E-state index contributed by atoms with van der Waals surface area (Å²) in [6.45, 7) is 0.453. The Hall–Kier alpha value is -2.49. The SMILES string of the molecule is O=C1c2cccc3c2N(CCC3)C(=O)[C@@]1(F)c1ccccc1. The van der Waals surface area contributed by atoms with E-state index in [1.165, 1.54) is 17.0 Å². The molecule has 1 amide bonds. The van der Waals surface area contributed by atoms with Gasteiger partial charge in [-0.2, -0.15) is 0 Å². The molecule has 0 radical (unpaired) electrons. The highest BCUT2D eigenvalue weighted by atomic mass is 19.1. The number of Topliss-reactive ketones (excluding diaryl/α,β-unsaturated/α-hetero) is 1. The lowest BCUT2D eigenvalue weighted by molar-refractivity contribution is -0.128. The lowest BCUT2D eigenvalue weighted by Gasteiger charge is -2.40. The molecule has 0 saturated heterocycles. The summed E-state index contributed by atoms with van der Waals surface area (Å²) in [4.78, 5) is 27.0. The highest BCUT2D eigenvalue weighted by Crippen LogP contribution is 2.44. The maximum Gasteiger partial charge on any atom is 0.277 e. The van der Waals surface area contributed by atoms with Crippen molar-refractivity contribution in [1.29, 1.82) is 0 Å². The van der Waals surface area contributed by atoms with Crippen molar-refractivity contribution in [3.05, 3.63) is 65.2 Å². The number of carbonyl (C=O) groups excluding carboxylic acids is 2. The molecule has 0 unspecified atom stereocenters. The number of ketones is 1. The Bertz CT molecular complexity index is 787. The number of benzene rings is 2. The lowest BCUT2D eigenvalue weighted by Crippen LogP contribution is -2.55. The molecule has 0 bridgehead atoms. The van der Waals surface area contributed by atoms with Crippen LogP contribution in [0.5, 0.6) is 0 Å². The molecule has 2 heterocycles. The second-order valence-corrected chi connectivity index (χ2v) is 5.73. The van der Waals surface area contributed by atoms with Gasteiger partial charge in [-0.15, -0.1) is 0 Å². The fraction of sp³-hybridized carbons (Fsp3) is 0.222. The van der Waals surface area contributed by atoms with E-state index >= 15 is 4.39 Å². The summed E-state index contributed by atoms with van der Waals surface area (Å²) in [6.07, 6.45) is 1.59. The molecule has 2 aromatic rings. The van der Waals surface area contributed by atoms with E-state index in [1.807, 2.05) is 6.07 Å². The largest absolute Gasteiger partial charge is 0.308 e. The first-order valence-electron chi connectivity index (χ1n) is 7.37. The van der Waals surface area contributed by atoms with E-state index in [2.05, 4.69) is 0 Å². The third-order valence-electron chi connectivity index (χ3n) is 4.49. The van der Waals surface area contributed by atoms with Crippen LogP contribution < -0.4 is 4.90 Å². The Morgan fingerprint density at radius 3 is 2.55 bits per heavy atom. The summed E-state index contributed by atoms with van der Waals surface area (Å²) < 4.78 is 15.6. The van der Waals surface area contributed by atoms with Crippen LogP contribution in [0.4, 0.5) is 10.1 Å². The smallest absolute Gasteiger partial charge is 0.277 e. The molecule has 2 aromatic carbocycles. The van der Waals surface area contributed by atoms with Crippen molar-refractivity contribution < 1.29 is 14.0 Å². The first-order valence-corrected chi connectivity index (χ1v) is 7.37. The molecule has 22 heavy (non-hydrogen) atoms. The van der Waals surface area contributed by atoms with Gasteiger partial charge in [-0.3, -0.25) is 9.59 Å². The van der Waals surface area contributed by atoms with Crippen LogP contribution in [-0.2, 0) is 16.9 Å². The topological polar surface area (TPSA) is 37.4 Å². The molecule has 2 aliphatic rings. The molecule has 0 N–H and O–H groups in total. The summed E-state index contributed by atoms with van der Waals surface area (Å²) in [5, 5.41) is 0. The van der Waals surface area contributed by atoms with E-state index < -0.39 is 17.4 Å². The van der Waals surface area contributed by atoms with Gasteiger partial charge in [0.05, 0.1) is 5.69 Å². The molecule has 4 heteroatoms. The zero-order valence-electron chi connectivity index (χ0n) is 11.9. The van der Waals surface area contributed by atoms with Crippen molar-refractivity contribution in [1.82, 2.24) is 0 Å². The summed E-state index contributed by atoms with van der Waals surface area (Å²) in [5.41, 5.74) is -0.659. The first-order chi connectivity index (χ1) is 10.6. The molecule has 3 nitrogen and oxygen atoms in total. The predicted octanol–water partition coefficient (Wildman–Crippen LogP) is 3.03. The Morgan fingerprint density at radius 1 is 1.00 bits per heavy atom. The summed E-state index contributed by atoms with van der Waals surface area (Å²) in [5.74, 6) is -1.51. The molecular weight excluding hydrogens is 281 g/mol. The van der Waals surface area contributed by atoms with Gasteiger partial charge in [0.15, 0.2) is 0 Å². The molecule has 4 rings (SSSR count). The van der Waals surface area contributed by atoms with Gasteiger partial charge < -0.3 is 4.90 Å². The second-order valence-electron chi connectivity index (χ2n) is 5.73. The van der Waals surface area contributed by atoms with Gasteiger partial charge in [0.25, 0.3) is 11.6 Å². The van der Waals surface area contributed by atoms with Crippen LogP contribution in [0.3, 0.4) is 0 Å². The van der Waals surface area contributed by atoms with Crippen molar-refractivity contribution in [3.63, 3.8) is 0 Å². The molecule has 2 aliphatic heterocycles. The van der Waals surface area contributed by atoms with Crippen molar-refractivity contribution in [2.24, 2.45) is 0 Å². The van der Waals surface area contributed by atoms with Gasteiger partial charge >= 0.3 is 0 Å². The number of amides is 1. The number of anilines is 1. The molecule has 0 spiro atoms. The van der Waals surface area contributed by atoms with E-state index in [4.69, 9.17) is 0 Å². The number of carbonyl (C=O) groups is 2. The van der Waals surface area contributed by atoms with Crippen LogP contribution in [0.15, 0.2) is 48.5 Å². The average Bonchev–Trinajstić information content (AvgIpc) is 2.58. The van der Waals surface area contributed by atoms with E-state index in [-0.39, 0.29) is 5.56 Å². The minimum Gasteiger partial charge on any atom is -0.308 e. The number of alkyl halides is 1. The number of halogens is 1. The maximum absolute atomic E-state index is 15.6. The van der Waals surface area contributed by atoms with E-state index in [0.29, 0.717) is 17.8 Å². The minimum absolute atomic E-state index is 0.103. The predicted molar refractivity (Wildman–Crippen MR) is 80.7 cm³/mol. The first kappa shape index (κ1) is 13.2. The third kappa shape index (κ3) is 1.55. The average molecular weight is 295 g/mol. The Morgan fingerprint density at radius 2 is 1.77 bits per heavy atom. The monoisotopic (exact) mass is 295 g/mol. The standard InChI is InChI=1S/C18H14FNO2/c19-18(13-8-2-1-3-9-13)16(21)14-10-4-6-12-7-5-11-20(15(12)14)17(18)22/h1-4,6,8-10H,5,7,11H2/t18-/m1/s1. The number of para-hydroxylation sites is 1. The zero-order valence-corrected chi connectivity index (χ0v) is 11.9. The normalized spacial score (nSPS) is 23.4. The molecule has 0 aliphatic carbocycles. The summed E-state index contributed by atoms with van der Waals surface area (Å²) >= 11 is 0. The van der Waals surface area contributed by atoms with Crippen LogP contribution in [0, 0.1) is 0 Å². The Balaban J connectivity index is 1.98. The van der Waals surface area contributed by atoms with Crippen molar-refractivity contribution in [2.75, 3.05) is 11.4 Å². The van der Waals surface area contributed by atoms with Gasteiger partial charge in [-0.25, -0.2) is 4.39 Å². The van der Waals surface area contributed by atoms with E-state index in [0.717, 1.165) is 18.4 Å². The van der Waals surface area contributed by atoms with Crippen molar-refractivity contribution in [3.8, 4) is 0 Å². The van der Waals surface area contributed by atoms with Gasteiger partial charge in [-0.1, -0.05) is 42.5 Å². The quantitative estimate of drug-likeness (QED) is 0.758. The van der Waals surface area contributed by atoms with Crippen LogP contribution in [0.1, 0.15) is 27.9 Å². The van der Waals surface area contributed by atoms with Crippen LogP contribution >= 0.6 is 0 Å². The molecule has 110 valence electrons. The number of hydrogen-bond acceptors (Lipinski definition) is 2. The van der Waals surface area contributed by atoms with Crippen molar-refractivity contribution >= 4 is 17.4 Å². The molecule has 0 fully saturated rings. The number of nitrogens with zero attached hydrogens (tertiary/aromatic N) is 1. The highest BCUT2D eigenvalue weighted by Gasteiger charge is 2.55. The van der Waals surface area contributed by atoms with Gasteiger partial charge in [0.1, 0.15) is 0 Å². The summed E-state index contributed by atoms with van der Waals surface area (Å²) in [7, 11) is 0. The van der Waals surface area contributed by atoms with Crippen LogP contribution in [0.25, 0.3) is 0 Å². The number of rotatable bonds is 1. The summed E-state index contributed by atoms with van der Waals surface area (Å²) in [6, 6.07) is 13.3. The fourth-order valence-electron chi connectivity index (χ4n) is 3.43. The fourth-order valence-corrected chi connectivity index (χ4v) is 3.43. The van der Waals surface area contributed by atoms with Crippen LogP contribution in [-0.4, -0.2) is 18.2 Å². The molecule has 0 saturated carbocycles. The van der Waals surface area contributed by atoms with Gasteiger partial charge in [0, 0.05) is 17.7 Å². The molecule has 1 atom stereocenters. The number of hydrogen-bond donors (Lipinski definition) is 0. The minimum atomic E-state index is -2.62. The highest BCUT2D eigenvalue weighted by molar-refractivity contribution is 6.27. The molecular formula is C18H14FNO2. The van der Waals surface area contributed by atoms with E-state index in [1.54, 1.807) is 30.3 Å². The van der Waals surface area contributed by atoms with Gasteiger partial charge in [0.2, 0.25) is 5.78 Å². The van der Waals surface area contributed by atoms with Crippen LogP contribution in [0.2, 0.25) is 0 Å². The van der Waals surface area contributed by atoms with Gasteiger partial charge in [-0.05, 0) is 24.5 Å². The Labute approximate surface area is 127 Å². The number of aryl methyl sites for hydroxylation is 1. The third-order valence-corrected chi connectivity index (χ3v) is 4.49. The zero-order chi connectivity index (χ0) is 15.3. The Kier molecular flexibility index (Phi) is 2.70. The second kappa shape index (κ2) is 4.50. The van der Waals surface area contributed by atoms with Crippen molar-refractivity contribution in [2.45, 2.75) is 18.5 Å². The van der Waals surface area contributed by atoms with E-state index in [9.17, 15) is 9.59 Å². The maximum atomic E-state index is 15.6.